The van der Waals surface area contributed by atoms with Crippen molar-refractivity contribution in [2.24, 2.45) is 0 Å². The highest BCUT2D eigenvalue weighted by Crippen LogP contribution is 2.23. The zero-order chi connectivity index (χ0) is 20.0. The third-order valence-electron chi connectivity index (χ3n) is 4.52. The predicted molar refractivity (Wildman–Crippen MR) is 112 cm³/mol. The van der Waals surface area contributed by atoms with E-state index in [4.69, 9.17) is 0 Å². The molecule has 0 aliphatic rings. The van der Waals surface area contributed by atoms with Crippen molar-refractivity contribution < 1.29 is 13.2 Å². The zero-order valence-electron chi connectivity index (χ0n) is 15.7. The van der Waals surface area contributed by atoms with Gasteiger partial charge in [0, 0.05) is 24.3 Å². The Morgan fingerprint density at radius 3 is 1.79 bits per heavy atom. The molecule has 0 unspecified atom stereocenters. The van der Waals surface area contributed by atoms with Gasteiger partial charge in [-0.2, -0.15) is 0 Å². The number of carbonyl (C=O) groups is 1. The maximum atomic E-state index is 12.6. The van der Waals surface area contributed by atoms with E-state index >= 15 is 0 Å². The predicted octanol–water partition coefficient (Wildman–Crippen LogP) is 3.79. The Morgan fingerprint density at radius 2 is 1.32 bits per heavy atom. The number of hydrogen-bond acceptors (Lipinski definition) is 3. The van der Waals surface area contributed by atoms with Crippen molar-refractivity contribution in [3.8, 4) is 0 Å². The standard InChI is InChI=1S/C23H23NO3S/c1-28(26,27)17-18-12-14-21(15-13-18)23(25)24-16-22(19-8-4-2-5-9-19)20-10-6-3-7-11-20/h2-15,22H,16-17H2,1H3,(H,24,25). The molecule has 1 amide bonds. The van der Waals surface area contributed by atoms with Crippen LogP contribution < -0.4 is 5.32 Å². The Hall–Kier alpha value is -2.92. The van der Waals surface area contributed by atoms with Crippen LogP contribution >= 0.6 is 0 Å². The maximum Gasteiger partial charge on any atom is 0.251 e. The average Bonchev–Trinajstić information content (AvgIpc) is 2.69. The van der Waals surface area contributed by atoms with Crippen LogP contribution in [0, 0.1) is 0 Å². The monoisotopic (exact) mass is 393 g/mol. The van der Waals surface area contributed by atoms with Gasteiger partial charge in [-0.3, -0.25) is 4.79 Å². The van der Waals surface area contributed by atoms with Crippen LogP contribution in [0.3, 0.4) is 0 Å². The summed E-state index contributed by atoms with van der Waals surface area (Å²) in [4.78, 5) is 12.6. The third-order valence-corrected chi connectivity index (χ3v) is 5.37. The smallest absolute Gasteiger partial charge is 0.251 e. The minimum absolute atomic E-state index is 0.0288. The number of benzene rings is 3. The lowest BCUT2D eigenvalue weighted by Crippen LogP contribution is -2.29. The highest BCUT2D eigenvalue weighted by Gasteiger charge is 2.16. The van der Waals surface area contributed by atoms with Crippen LogP contribution in [0.15, 0.2) is 84.9 Å². The normalized spacial score (nSPS) is 11.4. The van der Waals surface area contributed by atoms with E-state index in [1.807, 2.05) is 36.4 Å². The number of carbonyl (C=O) groups excluding carboxylic acids is 1. The van der Waals surface area contributed by atoms with Gasteiger partial charge in [-0.15, -0.1) is 0 Å². The molecule has 3 aromatic rings. The van der Waals surface area contributed by atoms with Crippen LogP contribution in [0.2, 0.25) is 0 Å². The molecule has 0 atom stereocenters. The largest absolute Gasteiger partial charge is 0.351 e. The first kappa shape index (κ1) is 19.8. The fraction of sp³-hybridized carbons (Fsp3) is 0.174. The van der Waals surface area contributed by atoms with E-state index in [0.29, 0.717) is 17.7 Å². The first-order chi connectivity index (χ1) is 13.4. The molecule has 0 bridgehead atoms. The first-order valence-corrected chi connectivity index (χ1v) is 11.1. The fourth-order valence-corrected chi connectivity index (χ4v) is 3.95. The molecule has 144 valence electrons. The van der Waals surface area contributed by atoms with Gasteiger partial charge in [0.1, 0.15) is 0 Å². The number of nitrogens with one attached hydrogen (secondary N) is 1. The summed E-state index contributed by atoms with van der Waals surface area (Å²) in [5.74, 6) is -0.155. The van der Waals surface area contributed by atoms with Crippen molar-refractivity contribution in [2.75, 3.05) is 12.8 Å². The summed E-state index contributed by atoms with van der Waals surface area (Å²) in [5.41, 5.74) is 3.46. The Morgan fingerprint density at radius 1 is 0.821 bits per heavy atom. The van der Waals surface area contributed by atoms with Gasteiger partial charge in [0.2, 0.25) is 0 Å². The summed E-state index contributed by atoms with van der Waals surface area (Å²) in [6.45, 7) is 0.470. The van der Waals surface area contributed by atoms with E-state index in [9.17, 15) is 13.2 Å². The van der Waals surface area contributed by atoms with Crippen molar-refractivity contribution in [3.05, 3.63) is 107 Å². The van der Waals surface area contributed by atoms with Crippen LogP contribution in [0.5, 0.6) is 0 Å². The maximum absolute atomic E-state index is 12.6. The molecule has 3 aromatic carbocycles. The van der Waals surface area contributed by atoms with Crippen LogP contribution in [-0.4, -0.2) is 27.1 Å². The lowest BCUT2D eigenvalue weighted by atomic mass is 9.91. The summed E-state index contributed by atoms with van der Waals surface area (Å²) >= 11 is 0. The summed E-state index contributed by atoms with van der Waals surface area (Å²) in [5, 5.41) is 3.01. The summed E-state index contributed by atoms with van der Waals surface area (Å²) < 4.78 is 22.8. The van der Waals surface area contributed by atoms with E-state index in [0.717, 1.165) is 11.1 Å². The molecule has 0 fully saturated rings. The molecular weight excluding hydrogens is 370 g/mol. The fourth-order valence-electron chi connectivity index (χ4n) is 3.15. The number of rotatable bonds is 7. The quantitative estimate of drug-likeness (QED) is 0.664. The molecule has 28 heavy (non-hydrogen) atoms. The Kier molecular flexibility index (Phi) is 6.26. The van der Waals surface area contributed by atoms with Gasteiger partial charge >= 0.3 is 0 Å². The molecule has 0 heterocycles. The van der Waals surface area contributed by atoms with Crippen molar-refractivity contribution >= 4 is 15.7 Å². The van der Waals surface area contributed by atoms with Crippen molar-refractivity contribution in [1.82, 2.24) is 5.32 Å². The zero-order valence-corrected chi connectivity index (χ0v) is 16.5. The Labute approximate surface area is 166 Å². The van der Waals surface area contributed by atoms with Crippen LogP contribution in [0.1, 0.15) is 33.0 Å². The van der Waals surface area contributed by atoms with E-state index in [-0.39, 0.29) is 17.6 Å². The van der Waals surface area contributed by atoms with Crippen molar-refractivity contribution in [2.45, 2.75) is 11.7 Å². The molecule has 0 spiro atoms. The van der Waals surface area contributed by atoms with E-state index in [1.165, 1.54) is 6.26 Å². The van der Waals surface area contributed by atoms with Gasteiger partial charge in [0.25, 0.3) is 5.91 Å². The minimum atomic E-state index is -3.09. The molecule has 0 aliphatic heterocycles. The van der Waals surface area contributed by atoms with Crippen molar-refractivity contribution in [1.29, 1.82) is 0 Å². The second-order valence-corrected chi connectivity index (χ2v) is 8.99. The van der Waals surface area contributed by atoms with Gasteiger partial charge in [0.05, 0.1) is 5.75 Å². The molecule has 0 aromatic heterocycles. The van der Waals surface area contributed by atoms with Crippen LogP contribution in [-0.2, 0) is 15.6 Å². The number of sulfone groups is 1. The Bertz CT molecular complexity index is 975. The Balaban J connectivity index is 1.72. The van der Waals surface area contributed by atoms with E-state index < -0.39 is 9.84 Å². The highest BCUT2D eigenvalue weighted by atomic mass is 32.2. The van der Waals surface area contributed by atoms with Crippen LogP contribution in [0.25, 0.3) is 0 Å². The second kappa shape index (κ2) is 8.85. The number of amides is 1. The van der Waals surface area contributed by atoms with E-state index in [1.54, 1.807) is 24.3 Å². The third kappa shape index (κ3) is 5.54. The van der Waals surface area contributed by atoms with Gasteiger partial charge in [0.15, 0.2) is 9.84 Å². The highest BCUT2D eigenvalue weighted by molar-refractivity contribution is 7.89. The van der Waals surface area contributed by atoms with Crippen molar-refractivity contribution in [3.63, 3.8) is 0 Å². The van der Waals surface area contributed by atoms with Gasteiger partial charge in [-0.05, 0) is 28.8 Å². The second-order valence-electron chi connectivity index (χ2n) is 6.85. The molecule has 5 heteroatoms. The molecule has 0 saturated carbocycles. The lowest BCUT2D eigenvalue weighted by molar-refractivity contribution is 0.0952. The number of hydrogen-bond donors (Lipinski definition) is 1. The molecule has 0 aliphatic carbocycles. The SMILES string of the molecule is CS(=O)(=O)Cc1ccc(C(=O)NCC(c2ccccc2)c2ccccc2)cc1. The van der Waals surface area contributed by atoms with E-state index in [2.05, 4.69) is 29.6 Å². The van der Waals surface area contributed by atoms with Gasteiger partial charge in [-0.1, -0.05) is 72.8 Å². The molecule has 1 N–H and O–H groups in total. The molecular formula is C23H23NO3S. The lowest BCUT2D eigenvalue weighted by Gasteiger charge is -2.19. The van der Waals surface area contributed by atoms with Crippen LogP contribution in [0.4, 0.5) is 0 Å². The van der Waals surface area contributed by atoms with Gasteiger partial charge < -0.3 is 5.32 Å². The summed E-state index contributed by atoms with van der Waals surface area (Å²) in [6.07, 6.45) is 1.20. The average molecular weight is 394 g/mol. The first-order valence-electron chi connectivity index (χ1n) is 9.07. The van der Waals surface area contributed by atoms with Gasteiger partial charge in [-0.25, -0.2) is 8.42 Å². The molecule has 4 nitrogen and oxygen atoms in total. The molecule has 0 radical (unpaired) electrons. The summed E-state index contributed by atoms with van der Waals surface area (Å²) in [7, 11) is -3.09. The molecule has 3 rings (SSSR count). The summed E-state index contributed by atoms with van der Waals surface area (Å²) in [6, 6.07) is 26.9. The molecule has 0 saturated heterocycles. The topological polar surface area (TPSA) is 63.2 Å². The minimum Gasteiger partial charge on any atom is -0.351 e.